The van der Waals surface area contributed by atoms with Gasteiger partial charge < -0.3 is 13.7 Å². The zero-order valence-corrected chi connectivity index (χ0v) is 27.7. The predicted octanol–water partition coefficient (Wildman–Crippen LogP) is 12.6. The zero-order valence-electron chi connectivity index (χ0n) is 27.7. The molecule has 3 nitrogen and oxygen atoms in total. The Labute approximate surface area is 294 Å². The van der Waals surface area contributed by atoms with E-state index >= 15 is 0 Å². The first kappa shape index (κ1) is 28.0. The van der Waals surface area contributed by atoms with Crippen LogP contribution < -0.4 is 0 Å². The van der Waals surface area contributed by atoms with Crippen molar-refractivity contribution < 1.29 is 0 Å². The van der Waals surface area contributed by atoms with Crippen molar-refractivity contribution >= 4 is 65.4 Å². The summed E-state index contributed by atoms with van der Waals surface area (Å²) in [7, 11) is 0. The van der Waals surface area contributed by atoms with E-state index in [9.17, 15) is 0 Å². The standard InChI is InChI=1S/C48H31N3/c1-3-13-32(14-4-1)33-23-27-46-41(29-33)38-18-8-11-21-44(38)50(46)35-25-28-47-42(30-35)39-19-9-12-22-45(39)51(47)36-24-26-40-37-17-7-10-20-43(37)49(48(40)31-36)34-15-5-2-6-16-34/h1-31H. The van der Waals surface area contributed by atoms with Gasteiger partial charge in [-0.05, 0) is 83.9 Å². The third kappa shape index (κ3) is 4.12. The van der Waals surface area contributed by atoms with Crippen LogP contribution in [0.25, 0.3) is 93.6 Å². The number of rotatable bonds is 4. The second-order valence-corrected chi connectivity index (χ2v) is 13.4. The van der Waals surface area contributed by atoms with Gasteiger partial charge in [0.1, 0.15) is 0 Å². The monoisotopic (exact) mass is 649 g/mol. The minimum Gasteiger partial charge on any atom is -0.309 e. The lowest BCUT2D eigenvalue weighted by Gasteiger charge is -2.12. The maximum atomic E-state index is 2.43. The number of benzene rings is 8. The fraction of sp³-hybridized carbons (Fsp3) is 0. The first-order valence-corrected chi connectivity index (χ1v) is 17.5. The Balaban J connectivity index is 1.14. The van der Waals surface area contributed by atoms with Crippen LogP contribution in [0, 0.1) is 0 Å². The van der Waals surface area contributed by atoms with E-state index in [0.717, 1.165) is 17.1 Å². The van der Waals surface area contributed by atoms with Gasteiger partial charge in [-0.1, -0.05) is 115 Å². The summed E-state index contributed by atoms with van der Waals surface area (Å²) in [6, 6.07) is 68.4. The zero-order chi connectivity index (χ0) is 33.5. The van der Waals surface area contributed by atoms with Gasteiger partial charge in [-0.25, -0.2) is 0 Å². The van der Waals surface area contributed by atoms with E-state index < -0.39 is 0 Å². The van der Waals surface area contributed by atoms with Gasteiger partial charge in [0.25, 0.3) is 0 Å². The third-order valence-corrected chi connectivity index (χ3v) is 10.6. The molecular formula is C48H31N3. The molecule has 11 aromatic rings. The van der Waals surface area contributed by atoms with E-state index in [-0.39, 0.29) is 0 Å². The lowest BCUT2D eigenvalue weighted by Crippen LogP contribution is -1.97. The summed E-state index contributed by atoms with van der Waals surface area (Å²) in [6.07, 6.45) is 0. The fourth-order valence-corrected chi connectivity index (χ4v) is 8.39. The summed E-state index contributed by atoms with van der Waals surface area (Å²) in [6.45, 7) is 0. The lowest BCUT2D eigenvalue weighted by molar-refractivity contribution is 1.15. The van der Waals surface area contributed by atoms with Crippen molar-refractivity contribution in [3.8, 4) is 28.2 Å². The number of hydrogen-bond donors (Lipinski definition) is 0. The molecule has 0 fully saturated rings. The van der Waals surface area contributed by atoms with E-state index in [2.05, 4.69) is 202 Å². The van der Waals surface area contributed by atoms with Gasteiger partial charge in [0.2, 0.25) is 0 Å². The van der Waals surface area contributed by atoms with Crippen LogP contribution in [0.4, 0.5) is 0 Å². The Kier molecular flexibility index (Phi) is 5.96. The number of para-hydroxylation sites is 4. The molecule has 0 saturated carbocycles. The van der Waals surface area contributed by atoms with Crippen LogP contribution in [0.2, 0.25) is 0 Å². The van der Waals surface area contributed by atoms with Gasteiger partial charge in [0.05, 0.1) is 33.1 Å². The SMILES string of the molecule is c1ccc(-c2ccc3c(c2)c2ccccc2n3-c2ccc3c(c2)c2ccccc2n3-c2ccc3c4ccccc4n(-c4ccccc4)c3c2)cc1. The molecule has 0 aliphatic rings. The summed E-state index contributed by atoms with van der Waals surface area (Å²) in [4.78, 5) is 0. The van der Waals surface area contributed by atoms with E-state index in [1.54, 1.807) is 0 Å². The maximum absolute atomic E-state index is 2.43. The number of fused-ring (bicyclic) bond motifs is 9. The molecule has 0 amide bonds. The molecule has 0 saturated heterocycles. The first-order chi connectivity index (χ1) is 25.3. The van der Waals surface area contributed by atoms with Gasteiger partial charge in [0, 0.05) is 49.4 Å². The van der Waals surface area contributed by atoms with Crippen LogP contribution in [0.3, 0.4) is 0 Å². The van der Waals surface area contributed by atoms with Crippen molar-refractivity contribution in [2.24, 2.45) is 0 Å². The Morgan fingerprint density at radius 1 is 0.216 bits per heavy atom. The number of nitrogens with zero attached hydrogens (tertiary/aromatic N) is 3. The number of hydrogen-bond acceptors (Lipinski definition) is 0. The van der Waals surface area contributed by atoms with Crippen LogP contribution in [0.1, 0.15) is 0 Å². The maximum Gasteiger partial charge on any atom is 0.0561 e. The molecule has 0 radical (unpaired) electrons. The van der Waals surface area contributed by atoms with Crippen LogP contribution in [-0.4, -0.2) is 13.7 Å². The average molecular weight is 650 g/mol. The van der Waals surface area contributed by atoms with E-state index in [4.69, 9.17) is 0 Å². The van der Waals surface area contributed by atoms with Gasteiger partial charge in [-0.2, -0.15) is 0 Å². The Hall–Kier alpha value is -6.84. The highest BCUT2D eigenvalue weighted by Crippen LogP contribution is 2.39. The Morgan fingerprint density at radius 3 is 1.29 bits per heavy atom. The van der Waals surface area contributed by atoms with Crippen molar-refractivity contribution in [1.29, 1.82) is 0 Å². The van der Waals surface area contributed by atoms with E-state index in [1.165, 1.54) is 76.5 Å². The van der Waals surface area contributed by atoms with Gasteiger partial charge >= 0.3 is 0 Å². The molecule has 51 heavy (non-hydrogen) atoms. The molecule has 11 rings (SSSR count). The predicted molar refractivity (Wildman–Crippen MR) is 215 cm³/mol. The minimum atomic E-state index is 1.15. The van der Waals surface area contributed by atoms with Crippen LogP contribution in [-0.2, 0) is 0 Å². The van der Waals surface area contributed by atoms with Gasteiger partial charge in [0.15, 0.2) is 0 Å². The Bertz CT molecular complexity index is 3120. The normalized spacial score (nSPS) is 11.9. The first-order valence-electron chi connectivity index (χ1n) is 17.5. The van der Waals surface area contributed by atoms with Gasteiger partial charge in [-0.15, -0.1) is 0 Å². The average Bonchev–Trinajstić information content (AvgIpc) is 3.83. The van der Waals surface area contributed by atoms with Gasteiger partial charge in [-0.3, -0.25) is 0 Å². The van der Waals surface area contributed by atoms with Crippen molar-refractivity contribution in [2.75, 3.05) is 0 Å². The molecule has 0 aliphatic heterocycles. The Morgan fingerprint density at radius 2 is 0.647 bits per heavy atom. The molecule has 0 N–H and O–H groups in total. The molecule has 0 spiro atoms. The van der Waals surface area contributed by atoms with Crippen molar-refractivity contribution in [3.63, 3.8) is 0 Å². The highest BCUT2D eigenvalue weighted by Gasteiger charge is 2.19. The largest absolute Gasteiger partial charge is 0.309 e. The summed E-state index contributed by atoms with van der Waals surface area (Å²) < 4.78 is 7.25. The molecule has 3 heterocycles. The highest BCUT2D eigenvalue weighted by atomic mass is 15.0. The summed E-state index contributed by atoms with van der Waals surface area (Å²) in [5.41, 5.74) is 13.1. The van der Waals surface area contributed by atoms with Crippen molar-refractivity contribution in [3.05, 3.63) is 188 Å². The molecular weight excluding hydrogens is 619 g/mol. The van der Waals surface area contributed by atoms with Crippen LogP contribution >= 0.6 is 0 Å². The summed E-state index contributed by atoms with van der Waals surface area (Å²) in [5, 5.41) is 7.51. The molecule has 0 bridgehead atoms. The van der Waals surface area contributed by atoms with Crippen molar-refractivity contribution in [1.82, 2.24) is 13.7 Å². The summed E-state index contributed by atoms with van der Waals surface area (Å²) >= 11 is 0. The highest BCUT2D eigenvalue weighted by molar-refractivity contribution is 6.14. The molecule has 0 aliphatic carbocycles. The molecule has 3 aromatic heterocycles. The molecule has 0 unspecified atom stereocenters. The van der Waals surface area contributed by atoms with Crippen LogP contribution in [0.5, 0.6) is 0 Å². The quantitative estimate of drug-likeness (QED) is 0.180. The topological polar surface area (TPSA) is 14.8 Å². The molecule has 8 aromatic carbocycles. The summed E-state index contributed by atoms with van der Waals surface area (Å²) in [5.74, 6) is 0. The third-order valence-electron chi connectivity index (χ3n) is 10.6. The van der Waals surface area contributed by atoms with Crippen molar-refractivity contribution in [2.45, 2.75) is 0 Å². The minimum absolute atomic E-state index is 1.15. The molecule has 3 heteroatoms. The number of aromatic nitrogens is 3. The smallest absolute Gasteiger partial charge is 0.0561 e. The second-order valence-electron chi connectivity index (χ2n) is 13.4. The second kappa shape index (κ2) is 10.8. The fourth-order valence-electron chi connectivity index (χ4n) is 8.39. The molecule has 238 valence electrons. The van der Waals surface area contributed by atoms with E-state index in [1.807, 2.05) is 0 Å². The van der Waals surface area contributed by atoms with E-state index in [0.29, 0.717) is 0 Å². The molecule has 0 atom stereocenters. The lowest BCUT2D eigenvalue weighted by atomic mass is 10.0. The van der Waals surface area contributed by atoms with Crippen LogP contribution in [0.15, 0.2) is 188 Å².